The molecule has 3 aromatic rings. The molecule has 1 aliphatic rings. The summed E-state index contributed by atoms with van der Waals surface area (Å²) in [6.45, 7) is 0.710. The largest absolute Gasteiger partial charge is 0.320 e. The molecule has 26 heavy (non-hydrogen) atoms. The summed E-state index contributed by atoms with van der Waals surface area (Å²) in [4.78, 5) is 27.5. The van der Waals surface area contributed by atoms with E-state index in [1.54, 1.807) is 17.0 Å². The number of benzene rings is 2. The number of carbonyl (C=O) groups excluding carboxylic acids is 2. The molecule has 0 bridgehead atoms. The average Bonchev–Trinajstić information content (AvgIpc) is 3.32. The Hall–Kier alpha value is -3.48. The Bertz CT molecular complexity index is 951. The molecule has 130 valence electrons. The molecule has 0 atom stereocenters. The van der Waals surface area contributed by atoms with Crippen molar-refractivity contribution < 1.29 is 9.59 Å². The van der Waals surface area contributed by atoms with Gasteiger partial charge in [0, 0.05) is 24.3 Å². The van der Waals surface area contributed by atoms with Crippen LogP contribution in [-0.2, 0) is 4.79 Å². The Balaban J connectivity index is 1.50. The molecule has 1 fully saturated rings. The molecule has 2 heterocycles. The van der Waals surface area contributed by atoms with Crippen LogP contribution in [-0.4, -0.2) is 33.4 Å². The fourth-order valence-corrected chi connectivity index (χ4v) is 2.92. The van der Waals surface area contributed by atoms with Crippen LogP contribution in [0, 0.1) is 0 Å². The van der Waals surface area contributed by atoms with Crippen molar-refractivity contribution in [2.24, 2.45) is 0 Å². The molecule has 4 rings (SSSR count). The van der Waals surface area contributed by atoms with E-state index >= 15 is 0 Å². The fourth-order valence-electron chi connectivity index (χ4n) is 2.92. The van der Waals surface area contributed by atoms with Gasteiger partial charge in [0.05, 0.1) is 11.9 Å². The first kappa shape index (κ1) is 16.0. The van der Waals surface area contributed by atoms with Gasteiger partial charge in [0.1, 0.15) is 0 Å². The van der Waals surface area contributed by atoms with Crippen LogP contribution in [0.2, 0.25) is 0 Å². The third-order valence-corrected chi connectivity index (χ3v) is 4.20. The van der Waals surface area contributed by atoms with E-state index in [1.807, 2.05) is 42.5 Å². The van der Waals surface area contributed by atoms with Gasteiger partial charge in [-0.3, -0.25) is 9.59 Å². The SMILES string of the molecule is O=C(Nc1cccc(N2CCCC2=O)c1)c1cnn(-c2ccccc2)n1. The lowest BCUT2D eigenvalue weighted by atomic mass is 10.2. The summed E-state index contributed by atoms with van der Waals surface area (Å²) in [7, 11) is 0. The van der Waals surface area contributed by atoms with Crippen LogP contribution in [0.1, 0.15) is 23.3 Å². The van der Waals surface area contributed by atoms with Crippen molar-refractivity contribution in [2.45, 2.75) is 12.8 Å². The van der Waals surface area contributed by atoms with Crippen molar-refractivity contribution in [3.63, 3.8) is 0 Å². The van der Waals surface area contributed by atoms with Crippen LogP contribution >= 0.6 is 0 Å². The van der Waals surface area contributed by atoms with Crippen LogP contribution in [0.3, 0.4) is 0 Å². The van der Waals surface area contributed by atoms with Crippen LogP contribution in [0.5, 0.6) is 0 Å². The second-order valence-corrected chi connectivity index (χ2v) is 6.01. The van der Waals surface area contributed by atoms with E-state index in [1.165, 1.54) is 11.0 Å². The summed E-state index contributed by atoms with van der Waals surface area (Å²) >= 11 is 0. The summed E-state index contributed by atoms with van der Waals surface area (Å²) in [5.74, 6) is -0.239. The van der Waals surface area contributed by atoms with E-state index in [0.717, 1.165) is 17.8 Å². The van der Waals surface area contributed by atoms with Gasteiger partial charge in [-0.15, -0.1) is 5.10 Å². The predicted molar refractivity (Wildman–Crippen MR) is 97.3 cm³/mol. The van der Waals surface area contributed by atoms with Crippen molar-refractivity contribution in [1.82, 2.24) is 15.0 Å². The maximum atomic E-state index is 12.4. The summed E-state index contributed by atoms with van der Waals surface area (Å²) in [6, 6.07) is 16.6. The van der Waals surface area contributed by atoms with Gasteiger partial charge >= 0.3 is 0 Å². The van der Waals surface area contributed by atoms with Gasteiger partial charge < -0.3 is 10.2 Å². The number of nitrogens with zero attached hydrogens (tertiary/aromatic N) is 4. The van der Waals surface area contributed by atoms with E-state index in [4.69, 9.17) is 0 Å². The molecular weight excluding hydrogens is 330 g/mol. The number of amides is 2. The van der Waals surface area contributed by atoms with Crippen LogP contribution < -0.4 is 10.2 Å². The maximum absolute atomic E-state index is 12.4. The third-order valence-electron chi connectivity index (χ3n) is 4.20. The molecule has 0 unspecified atom stereocenters. The van der Waals surface area contributed by atoms with E-state index in [0.29, 0.717) is 18.7 Å². The first-order chi connectivity index (χ1) is 12.7. The molecule has 1 N–H and O–H groups in total. The number of carbonyl (C=O) groups is 2. The van der Waals surface area contributed by atoms with Crippen molar-refractivity contribution in [3.8, 4) is 5.69 Å². The first-order valence-electron chi connectivity index (χ1n) is 8.40. The lowest BCUT2D eigenvalue weighted by Crippen LogP contribution is -2.23. The number of nitrogens with one attached hydrogen (secondary N) is 1. The number of aromatic nitrogens is 3. The van der Waals surface area contributed by atoms with Gasteiger partial charge in [0.25, 0.3) is 5.91 Å². The monoisotopic (exact) mass is 347 g/mol. The fraction of sp³-hybridized carbons (Fsp3) is 0.158. The number of hydrogen-bond donors (Lipinski definition) is 1. The highest BCUT2D eigenvalue weighted by Gasteiger charge is 2.22. The van der Waals surface area contributed by atoms with E-state index in [2.05, 4.69) is 15.5 Å². The molecule has 7 heteroatoms. The Labute approximate surface area is 150 Å². The lowest BCUT2D eigenvalue weighted by molar-refractivity contribution is -0.117. The van der Waals surface area contributed by atoms with Gasteiger partial charge in [-0.25, -0.2) is 0 Å². The van der Waals surface area contributed by atoms with E-state index in [-0.39, 0.29) is 17.5 Å². The molecular formula is C19H17N5O2. The van der Waals surface area contributed by atoms with Gasteiger partial charge in [-0.1, -0.05) is 24.3 Å². The third kappa shape index (κ3) is 3.19. The minimum absolute atomic E-state index is 0.110. The molecule has 0 spiro atoms. The van der Waals surface area contributed by atoms with Crippen molar-refractivity contribution >= 4 is 23.2 Å². The van der Waals surface area contributed by atoms with Crippen LogP contribution in [0.4, 0.5) is 11.4 Å². The zero-order chi connectivity index (χ0) is 17.9. The standard InChI is InChI=1S/C19H17N5O2/c25-18-10-5-11-23(18)16-9-4-6-14(12-16)21-19(26)17-13-20-24(22-17)15-7-2-1-3-8-15/h1-4,6-9,12-13H,5,10-11H2,(H,21,26). The molecule has 1 aromatic heterocycles. The lowest BCUT2D eigenvalue weighted by Gasteiger charge is -2.16. The predicted octanol–water partition coefficient (Wildman–Crippen LogP) is 2.65. The Morgan fingerprint density at radius 2 is 1.85 bits per heavy atom. The van der Waals surface area contributed by atoms with Gasteiger partial charge in [0.15, 0.2) is 5.69 Å². The summed E-state index contributed by atoms with van der Waals surface area (Å²) in [6.07, 6.45) is 2.85. The van der Waals surface area contributed by atoms with Gasteiger partial charge in [-0.2, -0.15) is 9.90 Å². The molecule has 0 aliphatic carbocycles. The van der Waals surface area contributed by atoms with Gasteiger partial charge in [0.2, 0.25) is 5.91 Å². The summed E-state index contributed by atoms with van der Waals surface area (Å²) < 4.78 is 0. The minimum Gasteiger partial charge on any atom is -0.320 e. The van der Waals surface area contributed by atoms with Crippen molar-refractivity contribution in [2.75, 3.05) is 16.8 Å². The molecule has 0 saturated carbocycles. The van der Waals surface area contributed by atoms with Crippen LogP contribution in [0.15, 0.2) is 60.8 Å². The average molecular weight is 347 g/mol. The molecule has 1 saturated heterocycles. The summed E-state index contributed by atoms with van der Waals surface area (Å²) in [5.41, 5.74) is 2.40. The molecule has 7 nitrogen and oxygen atoms in total. The van der Waals surface area contributed by atoms with E-state index in [9.17, 15) is 9.59 Å². The normalized spacial score (nSPS) is 13.8. The first-order valence-corrected chi connectivity index (χ1v) is 8.40. The van der Waals surface area contributed by atoms with Gasteiger partial charge in [-0.05, 0) is 36.8 Å². The number of rotatable bonds is 4. The van der Waals surface area contributed by atoms with E-state index < -0.39 is 0 Å². The Morgan fingerprint density at radius 3 is 2.62 bits per heavy atom. The van der Waals surface area contributed by atoms with Crippen molar-refractivity contribution in [1.29, 1.82) is 0 Å². The molecule has 2 aromatic carbocycles. The number of hydrogen-bond acceptors (Lipinski definition) is 4. The maximum Gasteiger partial charge on any atom is 0.277 e. The highest BCUT2D eigenvalue weighted by molar-refractivity contribution is 6.03. The second kappa shape index (κ2) is 6.79. The Morgan fingerprint density at radius 1 is 1.04 bits per heavy atom. The highest BCUT2D eigenvalue weighted by atomic mass is 16.2. The molecule has 0 radical (unpaired) electrons. The quantitative estimate of drug-likeness (QED) is 0.787. The number of para-hydroxylation sites is 1. The minimum atomic E-state index is -0.350. The smallest absolute Gasteiger partial charge is 0.277 e. The van der Waals surface area contributed by atoms with Crippen LogP contribution in [0.25, 0.3) is 5.69 Å². The molecule has 1 aliphatic heterocycles. The van der Waals surface area contributed by atoms with Crippen molar-refractivity contribution in [3.05, 3.63) is 66.5 Å². The topological polar surface area (TPSA) is 80.1 Å². The molecule has 2 amide bonds. The highest BCUT2D eigenvalue weighted by Crippen LogP contribution is 2.24. The zero-order valence-electron chi connectivity index (χ0n) is 14.0. The zero-order valence-corrected chi connectivity index (χ0v) is 14.0. The number of anilines is 2. The second-order valence-electron chi connectivity index (χ2n) is 6.01. The summed E-state index contributed by atoms with van der Waals surface area (Å²) in [5, 5.41) is 11.2. The Kier molecular flexibility index (Phi) is 4.18.